The van der Waals surface area contributed by atoms with Crippen LogP contribution in [0.5, 0.6) is 5.75 Å². The molecule has 1 aromatic carbocycles. The molecule has 0 aliphatic heterocycles. The van der Waals surface area contributed by atoms with E-state index in [0.717, 1.165) is 0 Å². The SMILES string of the molecule is COc1ccc(CC(=O)NC(C)C)c(F)c1. The Morgan fingerprint density at radius 3 is 2.69 bits per heavy atom. The number of halogens is 1. The normalized spacial score (nSPS) is 10.3. The maximum Gasteiger partial charge on any atom is 0.224 e. The molecule has 0 unspecified atom stereocenters. The fraction of sp³-hybridized carbons (Fsp3) is 0.417. The Hall–Kier alpha value is -1.58. The summed E-state index contributed by atoms with van der Waals surface area (Å²) in [7, 11) is 1.47. The zero-order chi connectivity index (χ0) is 12.1. The molecule has 0 saturated heterocycles. The summed E-state index contributed by atoms with van der Waals surface area (Å²) in [6, 6.07) is 4.54. The van der Waals surface area contributed by atoms with Gasteiger partial charge in [0.25, 0.3) is 0 Å². The number of hydrogen-bond donors (Lipinski definition) is 1. The van der Waals surface area contributed by atoms with E-state index in [1.807, 2.05) is 13.8 Å². The fourth-order valence-electron chi connectivity index (χ4n) is 1.34. The fourth-order valence-corrected chi connectivity index (χ4v) is 1.34. The van der Waals surface area contributed by atoms with Crippen LogP contribution in [-0.2, 0) is 11.2 Å². The summed E-state index contributed by atoms with van der Waals surface area (Å²) in [5.74, 6) is -0.150. The third kappa shape index (κ3) is 3.53. The highest BCUT2D eigenvalue weighted by Crippen LogP contribution is 2.16. The summed E-state index contributed by atoms with van der Waals surface area (Å²) in [5, 5.41) is 2.71. The average molecular weight is 225 g/mol. The van der Waals surface area contributed by atoms with Gasteiger partial charge in [0.05, 0.1) is 13.5 Å². The van der Waals surface area contributed by atoms with E-state index in [2.05, 4.69) is 5.32 Å². The number of hydrogen-bond acceptors (Lipinski definition) is 2. The van der Waals surface area contributed by atoms with Crippen molar-refractivity contribution in [2.24, 2.45) is 0 Å². The number of amides is 1. The van der Waals surface area contributed by atoms with Crippen molar-refractivity contribution in [3.63, 3.8) is 0 Å². The lowest BCUT2D eigenvalue weighted by Crippen LogP contribution is -2.31. The third-order valence-corrected chi connectivity index (χ3v) is 2.06. The maximum absolute atomic E-state index is 13.5. The Labute approximate surface area is 94.6 Å². The molecule has 0 fully saturated rings. The predicted molar refractivity (Wildman–Crippen MR) is 59.9 cm³/mol. The molecule has 0 atom stereocenters. The van der Waals surface area contributed by atoms with Crippen molar-refractivity contribution in [1.82, 2.24) is 5.32 Å². The van der Waals surface area contributed by atoms with Crippen LogP contribution in [0.15, 0.2) is 18.2 Å². The highest BCUT2D eigenvalue weighted by molar-refractivity contribution is 5.78. The number of carbonyl (C=O) groups excluding carboxylic acids is 1. The lowest BCUT2D eigenvalue weighted by atomic mass is 10.1. The van der Waals surface area contributed by atoms with Crippen molar-refractivity contribution in [3.8, 4) is 5.75 Å². The molecular formula is C12H16FNO2. The highest BCUT2D eigenvalue weighted by atomic mass is 19.1. The summed E-state index contributed by atoms with van der Waals surface area (Å²) < 4.78 is 18.4. The van der Waals surface area contributed by atoms with Crippen LogP contribution in [0.25, 0.3) is 0 Å². The molecule has 0 heterocycles. The van der Waals surface area contributed by atoms with Gasteiger partial charge in [0.15, 0.2) is 0 Å². The van der Waals surface area contributed by atoms with Gasteiger partial charge in [0.2, 0.25) is 5.91 Å². The molecule has 0 aliphatic carbocycles. The van der Waals surface area contributed by atoms with Crippen molar-refractivity contribution in [2.75, 3.05) is 7.11 Å². The van der Waals surface area contributed by atoms with Gasteiger partial charge in [-0.05, 0) is 25.5 Å². The van der Waals surface area contributed by atoms with Gasteiger partial charge < -0.3 is 10.1 Å². The molecule has 0 aliphatic rings. The number of benzene rings is 1. The molecule has 1 amide bonds. The van der Waals surface area contributed by atoms with Gasteiger partial charge in [-0.2, -0.15) is 0 Å². The largest absolute Gasteiger partial charge is 0.497 e. The number of rotatable bonds is 4. The Bertz CT molecular complexity index is 377. The highest BCUT2D eigenvalue weighted by Gasteiger charge is 2.09. The van der Waals surface area contributed by atoms with Crippen LogP contribution >= 0.6 is 0 Å². The molecule has 0 saturated carbocycles. The molecule has 1 aromatic rings. The van der Waals surface area contributed by atoms with Crippen LogP contribution < -0.4 is 10.1 Å². The molecule has 0 aromatic heterocycles. The van der Waals surface area contributed by atoms with E-state index in [1.165, 1.54) is 13.2 Å². The van der Waals surface area contributed by atoms with Gasteiger partial charge >= 0.3 is 0 Å². The quantitative estimate of drug-likeness (QED) is 0.850. The van der Waals surface area contributed by atoms with E-state index < -0.39 is 5.82 Å². The van der Waals surface area contributed by atoms with E-state index in [0.29, 0.717) is 11.3 Å². The first-order valence-electron chi connectivity index (χ1n) is 5.14. The molecule has 3 nitrogen and oxygen atoms in total. The summed E-state index contributed by atoms with van der Waals surface area (Å²) in [5.41, 5.74) is 0.374. The summed E-state index contributed by atoms with van der Waals surface area (Å²) >= 11 is 0. The van der Waals surface area contributed by atoms with Crippen LogP contribution in [0.2, 0.25) is 0 Å². The average Bonchev–Trinajstić information content (AvgIpc) is 2.19. The van der Waals surface area contributed by atoms with E-state index in [-0.39, 0.29) is 18.4 Å². The topological polar surface area (TPSA) is 38.3 Å². The second-order valence-electron chi connectivity index (χ2n) is 3.86. The molecule has 1 N–H and O–H groups in total. The van der Waals surface area contributed by atoms with Crippen molar-refractivity contribution in [3.05, 3.63) is 29.6 Å². The van der Waals surface area contributed by atoms with Crippen molar-refractivity contribution < 1.29 is 13.9 Å². The van der Waals surface area contributed by atoms with Gasteiger partial charge in [-0.15, -0.1) is 0 Å². The number of methoxy groups -OCH3 is 1. The lowest BCUT2D eigenvalue weighted by molar-refractivity contribution is -0.120. The van der Waals surface area contributed by atoms with Gasteiger partial charge in [0.1, 0.15) is 11.6 Å². The number of carbonyl (C=O) groups is 1. The second kappa shape index (κ2) is 5.49. The zero-order valence-corrected chi connectivity index (χ0v) is 9.71. The van der Waals surface area contributed by atoms with Gasteiger partial charge in [0, 0.05) is 12.1 Å². The van der Waals surface area contributed by atoms with Gasteiger partial charge in [-0.25, -0.2) is 4.39 Å². The summed E-state index contributed by atoms with van der Waals surface area (Å²) in [4.78, 5) is 11.4. The van der Waals surface area contributed by atoms with E-state index in [4.69, 9.17) is 4.74 Å². The minimum atomic E-state index is -0.418. The lowest BCUT2D eigenvalue weighted by Gasteiger charge is -2.09. The van der Waals surface area contributed by atoms with Gasteiger partial charge in [-0.3, -0.25) is 4.79 Å². The molecule has 1 rings (SSSR count). The Morgan fingerprint density at radius 2 is 2.19 bits per heavy atom. The molecule has 88 valence electrons. The standard InChI is InChI=1S/C12H16FNO2/c1-8(2)14-12(15)6-9-4-5-10(16-3)7-11(9)13/h4-5,7-8H,6H2,1-3H3,(H,14,15). The monoisotopic (exact) mass is 225 g/mol. The van der Waals surface area contributed by atoms with Crippen molar-refractivity contribution in [1.29, 1.82) is 0 Å². The molecule has 0 radical (unpaired) electrons. The molecule has 0 bridgehead atoms. The molecular weight excluding hydrogens is 209 g/mol. The zero-order valence-electron chi connectivity index (χ0n) is 9.71. The van der Waals surface area contributed by atoms with Crippen LogP contribution in [0.3, 0.4) is 0 Å². The first-order chi connectivity index (χ1) is 7.52. The van der Waals surface area contributed by atoms with Crippen LogP contribution in [0.4, 0.5) is 4.39 Å². The van der Waals surface area contributed by atoms with E-state index >= 15 is 0 Å². The minimum absolute atomic E-state index is 0.0496. The summed E-state index contributed by atoms with van der Waals surface area (Å²) in [6.45, 7) is 3.73. The number of ether oxygens (including phenoxy) is 1. The van der Waals surface area contributed by atoms with Crippen LogP contribution in [-0.4, -0.2) is 19.1 Å². The van der Waals surface area contributed by atoms with Gasteiger partial charge in [-0.1, -0.05) is 6.07 Å². The summed E-state index contributed by atoms with van der Waals surface area (Å²) in [6.07, 6.45) is 0.0496. The predicted octanol–water partition coefficient (Wildman–Crippen LogP) is 1.90. The maximum atomic E-state index is 13.5. The van der Waals surface area contributed by atoms with E-state index in [9.17, 15) is 9.18 Å². The first-order valence-corrected chi connectivity index (χ1v) is 5.14. The Kier molecular flexibility index (Phi) is 4.28. The molecule has 0 spiro atoms. The van der Waals surface area contributed by atoms with E-state index in [1.54, 1.807) is 12.1 Å². The van der Waals surface area contributed by atoms with Crippen molar-refractivity contribution in [2.45, 2.75) is 26.3 Å². The number of nitrogens with one attached hydrogen (secondary N) is 1. The Balaban J connectivity index is 2.70. The third-order valence-electron chi connectivity index (χ3n) is 2.06. The van der Waals surface area contributed by atoms with Crippen molar-refractivity contribution >= 4 is 5.91 Å². The van der Waals surface area contributed by atoms with Crippen LogP contribution in [0, 0.1) is 5.82 Å². The minimum Gasteiger partial charge on any atom is -0.497 e. The first kappa shape index (κ1) is 12.5. The smallest absolute Gasteiger partial charge is 0.224 e. The molecule has 16 heavy (non-hydrogen) atoms. The second-order valence-corrected chi connectivity index (χ2v) is 3.86. The Morgan fingerprint density at radius 1 is 1.50 bits per heavy atom. The molecule has 4 heteroatoms. The van der Waals surface area contributed by atoms with Crippen LogP contribution in [0.1, 0.15) is 19.4 Å².